The second-order valence-electron chi connectivity index (χ2n) is 8.38. The van der Waals surface area contributed by atoms with Gasteiger partial charge in [-0.3, -0.25) is 4.79 Å². The molecular formula is C22H22N2O5S. The Labute approximate surface area is 174 Å². The fourth-order valence-corrected chi connectivity index (χ4v) is 4.01. The molecule has 0 unspecified atom stereocenters. The molecule has 4 aromatic rings. The highest BCUT2D eigenvalue weighted by Gasteiger charge is 2.24. The molecule has 2 aromatic carbocycles. The molecule has 7 nitrogen and oxygen atoms in total. The number of furan rings is 1. The normalized spacial score (nSPS) is 12.5. The van der Waals surface area contributed by atoms with Crippen LogP contribution < -0.4 is 5.32 Å². The van der Waals surface area contributed by atoms with Gasteiger partial charge in [-0.2, -0.15) is 0 Å². The molecule has 0 spiro atoms. The summed E-state index contributed by atoms with van der Waals surface area (Å²) >= 11 is 0. The largest absolute Gasteiger partial charge is 0.451 e. The molecule has 8 heteroatoms. The lowest BCUT2D eigenvalue weighted by Gasteiger charge is -2.11. The first kappa shape index (κ1) is 20.2. The van der Waals surface area contributed by atoms with Crippen LogP contribution in [0.5, 0.6) is 0 Å². The molecule has 2 aromatic heterocycles. The predicted molar refractivity (Wildman–Crippen MR) is 115 cm³/mol. The first-order valence-corrected chi connectivity index (χ1v) is 11.5. The van der Waals surface area contributed by atoms with E-state index in [9.17, 15) is 13.2 Å². The van der Waals surface area contributed by atoms with Crippen LogP contribution in [0.25, 0.3) is 22.1 Å². The Kier molecular flexibility index (Phi) is 4.69. The number of amides is 1. The molecule has 1 amide bonds. The smallest absolute Gasteiger partial charge is 0.291 e. The predicted octanol–water partition coefficient (Wildman–Crippen LogP) is 4.67. The second kappa shape index (κ2) is 6.98. The molecule has 0 fully saturated rings. The summed E-state index contributed by atoms with van der Waals surface area (Å²) in [6.45, 7) is 6.02. The highest BCUT2D eigenvalue weighted by atomic mass is 32.2. The van der Waals surface area contributed by atoms with Crippen LogP contribution in [0.3, 0.4) is 0 Å². The number of sulfone groups is 1. The Hall–Kier alpha value is -3.13. The van der Waals surface area contributed by atoms with Crippen LogP contribution in [0.2, 0.25) is 0 Å². The Morgan fingerprint density at radius 3 is 2.50 bits per heavy atom. The number of benzene rings is 2. The molecule has 0 radical (unpaired) electrons. The van der Waals surface area contributed by atoms with E-state index in [0.717, 1.165) is 6.26 Å². The Morgan fingerprint density at radius 2 is 1.80 bits per heavy atom. The third-order valence-electron chi connectivity index (χ3n) is 4.60. The van der Waals surface area contributed by atoms with Gasteiger partial charge < -0.3 is 14.2 Å². The van der Waals surface area contributed by atoms with Crippen molar-refractivity contribution in [1.82, 2.24) is 4.98 Å². The third-order valence-corrected chi connectivity index (χ3v) is 5.41. The van der Waals surface area contributed by atoms with Crippen molar-refractivity contribution < 1.29 is 22.0 Å². The van der Waals surface area contributed by atoms with Crippen molar-refractivity contribution in [2.24, 2.45) is 0 Å². The standard InChI is InChI=1S/C22H22N2O5S/c1-22(2,3)21-24-16-11-13(9-10-18(16)29-21)23-20(25)19-15(12-30(4,26)27)14-7-5-6-8-17(14)28-19/h5-11H,12H2,1-4H3,(H,23,25). The molecule has 2 heterocycles. The number of nitrogens with one attached hydrogen (secondary N) is 1. The lowest BCUT2D eigenvalue weighted by atomic mass is 9.97. The summed E-state index contributed by atoms with van der Waals surface area (Å²) in [5.41, 5.74) is 2.33. The summed E-state index contributed by atoms with van der Waals surface area (Å²) in [6, 6.07) is 12.1. The monoisotopic (exact) mass is 426 g/mol. The number of carbonyl (C=O) groups excluding carboxylic acids is 1. The molecule has 0 saturated heterocycles. The minimum Gasteiger partial charge on any atom is -0.451 e. The molecular weight excluding hydrogens is 404 g/mol. The van der Waals surface area contributed by atoms with Crippen LogP contribution >= 0.6 is 0 Å². The average molecular weight is 426 g/mol. The highest BCUT2D eigenvalue weighted by Crippen LogP contribution is 2.30. The van der Waals surface area contributed by atoms with E-state index in [1.807, 2.05) is 20.8 Å². The van der Waals surface area contributed by atoms with Crippen molar-refractivity contribution in [3.8, 4) is 0 Å². The summed E-state index contributed by atoms with van der Waals surface area (Å²) in [5.74, 6) is -0.223. The maximum atomic E-state index is 12.9. The molecule has 1 N–H and O–H groups in total. The first-order chi connectivity index (χ1) is 14.0. The van der Waals surface area contributed by atoms with Gasteiger partial charge in [0.1, 0.15) is 11.1 Å². The fraction of sp³-hybridized carbons (Fsp3) is 0.273. The van der Waals surface area contributed by atoms with Crippen LogP contribution in [-0.4, -0.2) is 25.6 Å². The maximum absolute atomic E-state index is 12.9. The van der Waals surface area contributed by atoms with E-state index >= 15 is 0 Å². The van der Waals surface area contributed by atoms with Crippen molar-refractivity contribution >= 4 is 43.5 Å². The van der Waals surface area contributed by atoms with Crippen LogP contribution in [0, 0.1) is 0 Å². The van der Waals surface area contributed by atoms with Gasteiger partial charge in [0.2, 0.25) is 5.89 Å². The molecule has 30 heavy (non-hydrogen) atoms. The highest BCUT2D eigenvalue weighted by molar-refractivity contribution is 7.89. The van der Waals surface area contributed by atoms with E-state index in [4.69, 9.17) is 8.83 Å². The van der Waals surface area contributed by atoms with Gasteiger partial charge in [-0.05, 0) is 24.3 Å². The number of anilines is 1. The van der Waals surface area contributed by atoms with E-state index < -0.39 is 15.7 Å². The van der Waals surface area contributed by atoms with E-state index in [-0.39, 0.29) is 16.9 Å². The Bertz CT molecular complexity index is 1370. The Morgan fingerprint density at radius 1 is 1.07 bits per heavy atom. The lowest BCUT2D eigenvalue weighted by Crippen LogP contribution is -2.14. The van der Waals surface area contributed by atoms with Crippen molar-refractivity contribution in [3.05, 3.63) is 59.7 Å². The zero-order valence-corrected chi connectivity index (χ0v) is 18.0. The van der Waals surface area contributed by atoms with E-state index in [1.165, 1.54) is 0 Å². The molecule has 4 rings (SSSR count). The minimum absolute atomic E-state index is 0.0164. The topological polar surface area (TPSA) is 102 Å². The molecule has 0 bridgehead atoms. The molecule has 0 aliphatic carbocycles. The number of nitrogens with zero attached hydrogens (tertiary/aromatic N) is 1. The molecule has 156 valence electrons. The quantitative estimate of drug-likeness (QED) is 0.509. The van der Waals surface area contributed by atoms with Gasteiger partial charge in [0.15, 0.2) is 21.2 Å². The SMILES string of the molecule is CC(C)(C)c1nc2cc(NC(=O)c3oc4ccccc4c3CS(C)(=O)=O)ccc2o1. The number of fused-ring (bicyclic) bond motifs is 2. The number of aromatic nitrogens is 1. The summed E-state index contributed by atoms with van der Waals surface area (Å²) in [6.07, 6.45) is 1.13. The number of hydrogen-bond donors (Lipinski definition) is 1. The van der Waals surface area contributed by atoms with Crippen LogP contribution in [0.4, 0.5) is 5.69 Å². The van der Waals surface area contributed by atoms with Crippen molar-refractivity contribution in [1.29, 1.82) is 0 Å². The minimum atomic E-state index is -3.37. The van der Waals surface area contributed by atoms with Gasteiger partial charge in [-0.15, -0.1) is 0 Å². The van der Waals surface area contributed by atoms with Crippen LogP contribution in [-0.2, 0) is 21.0 Å². The van der Waals surface area contributed by atoms with Crippen molar-refractivity contribution in [2.45, 2.75) is 31.9 Å². The first-order valence-electron chi connectivity index (χ1n) is 9.42. The molecule has 0 aliphatic heterocycles. The van der Waals surface area contributed by atoms with E-state index in [0.29, 0.717) is 39.2 Å². The van der Waals surface area contributed by atoms with Gasteiger partial charge in [-0.25, -0.2) is 13.4 Å². The number of rotatable bonds is 4. The van der Waals surface area contributed by atoms with E-state index in [1.54, 1.807) is 42.5 Å². The molecule has 0 atom stereocenters. The van der Waals surface area contributed by atoms with Gasteiger partial charge in [-0.1, -0.05) is 39.0 Å². The zero-order valence-electron chi connectivity index (χ0n) is 17.1. The number of para-hydroxylation sites is 1. The van der Waals surface area contributed by atoms with Gasteiger partial charge in [0, 0.05) is 28.3 Å². The number of hydrogen-bond acceptors (Lipinski definition) is 6. The summed E-state index contributed by atoms with van der Waals surface area (Å²) < 4.78 is 35.3. The van der Waals surface area contributed by atoms with Crippen molar-refractivity contribution in [3.63, 3.8) is 0 Å². The summed E-state index contributed by atoms with van der Waals surface area (Å²) in [4.78, 5) is 17.5. The van der Waals surface area contributed by atoms with Crippen molar-refractivity contribution in [2.75, 3.05) is 11.6 Å². The maximum Gasteiger partial charge on any atom is 0.291 e. The number of oxazole rings is 1. The van der Waals surface area contributed by atoms with Crippen LogP contribution in [0.1, 0.15) is 42.8 Å². The molecule has 0 aliphatic rings. The van der Waals surface area contributed by atoms with Crippen LogP contribution in [0.15, 0.2) is 51.3 Å². The second-order valence-corrected chi connectivity index (χ2v) is 10.5. The zero-order chi connectivity index (χ0) is 21.7. The summed E-state index contributed by atoms with van der Waals surface area (Å²) in [7, 11) is -3.37. The van der Waals surface area contributed by atoms with Gasteiger partial charge in [0.05, 0.1) is 5.75 Å². The van der Waals surface area contributed by atoms with E-state index in [2.05, 4.69) is 10.3 Å². The lowest BCUT2D eigenvalue weighted by molar-refractivity contribution is 0.0998. The van der Waals surface area contributed by atoms with Gasteiger partial charge in [0.25, 0.3) is 5.91 Å². The number of carbonyl (C=O) groups is 1. The Balaban J connectivity index is 1.70. The average Bonchev–Trinajstić information content (AvgIpc) is 3.22. The molecule has 0 saturated carbocycles. The third kappa shape index (κ3) is 3.95. The summed E-state index contributed by atoms with van der Waals surface area (Å²) in [5, 5.41) is 3.38. The van der Waals surface area contributed by atoms with Gasteiger partial charge >= 0.3 is 0 Å². The fourth-order valence-electron chi connectivity index (χ4n) is 3.20.